The van der Waals surface area contributed by atoms with Crippen molar-refractivity contribution in [2.75, 3.05) is 113 Å². The lowest BCUT2D eigenvalue weighted by Gasteiger charge is -2.07. The lowest BCUT2D eigenvalue weighted by molar-refractivity contribution is 0.352. The molecule has 54 nitrogen and oxygen atoms in total. The van der Waals surface area contributed by atoms with Crippen molar-refractivity contribution in [1.29, 1.82) is 0 Å². The molecule has 0 saturated carbocycles. The van der Waals surface area contributed by atoms with Gasteiger partial charge in [-0.3, -0.25) is 73.0 Å². The third-order valence-corrected chi connectivity index (χ3v) is 28.6. The van der Waals surface area contributed by atoms with Crippen LogP contribution >= 0.6 is 122 Å². The van der Waals surface area contributed by atoms with E-state index < -0.39 is 169 Å². The molecule has 70 heteroatoms. The average molecular weight is 1640 g/mol. The Hall–Kier alpha value is 2.16. The molecule has 0 spiro atoms. The van der Waals surface area contributed by atoms with Crippen molar-refractivity contribution in [3.8, 4) is 0 Å². The highest BCUT2D eigenvalue weighted by atomic mass is 31.3. The predicted molar refractivity (Wildman–Crippen MR) is 301 cm³/mol. The summed E-state index contributed by atoms with van der Waals surface area (Å²) in [4.78, 5) is 255. The number of nitrogens with one attached hydrogen (secondary N) is 4. The van der Waals surface area contributed by atoms with Crippen LogP contribution in [0.3, 0.4) is 0 Å². The monoisotopic (exact) mass is 1640 g/mol. The van der Waals surface area contributed by atoms with Gasteiger partial charge in [-0.2, -0.15) is 0 Å². The first kappa shape index (κ1) is 109. The maximum Gasteiger partial charge on any atom is 0.337 e. The molecule has 0 rings (SSSR count). The zero-order valence-corrected chi connectivity index (χ0v) is 58.2. The highest BCUT2D eigenvalue weighted by Crippen LogP contribution is 2.56. The van der Waals surface area contributed by atoms with Gasteiger partial charge in [0.15, 0.2) is 47.2 Å². The third kappa shape index (κ3) is 168. The molecule has 0 radical (unpaired) electrons. The second kappa shape index (κ2) is 48.0. The molecule has 0 bridgehead atoms. The summed E-state index contributed by atoms with van der Waals surface area (Å²) in [6.07, 6.45) is 0. The van der Waals surface area contributed by atoms with Gasteiger partial charge < -0.3 is 189 Å². The zero-order valence-electron chi connectivity index (χ0n) is 43.9. The van der Waals surface area contributed by atoms with Crippen molar-refractivity contribution in [3.63, 3.8) is 0 Å². The topological polar surface area (TPSA) is 1020 Å². The Kier molecular flexibility index (Phi) is 59.3. The second-order valence-electron chi connectivity index (χ2n) is 15.3. The van der Waals surface area contributed by atoms with E-state index in [2.05, 4.69) is 21.3 Å². The molecule has 40 N–H and O–H groups in total. The molecule has 0 aliphatic rings. The largest absolute Gasteiger partial charge is 0.337 e. The Morgan fingerprint density at radius 2 is 0.227 bits per heavy atom. The third-order valence-electron chi connectivity index (χ3n) is 5.03. The molecule has 0 aliphatic heterocycles. The quantitative estimate of drug-likeness (QED) is 0.0244. The minimum Gasteiger partial charge on any atom is -0.329 e. The molecule has 0 aromatic carbocycles. The molecule has 88 heavy (non-hydrogen) atoms. The van der Waals surface area contributed by atoms with Crippen LogP contribution in [0.5, 0.6) is 0 Å². The van der Waals surface area contributed by atoms with Crippen molar-refractivity contribution in [2.24, 2.45) is 11.5 Å². The minimum absolute atomic E-state index is 0.706. The van der Waals surface area contributed by atoms with E-state index in [-0.39, 0.29) is 0 Å². The second-order valence-corrected chi connectivity index (χ2v) is 45.7. The first-order valence-electron chi connectivity index (χ1n) is 20.5. The molecule has 0 heterocycles. The van der Waals surface area contributed by atoms with Crippen LogP contribution in [0.15, 0.2) is 0 Å². The highest BCUT2D eigenvalue weighted by molar-refractivity contribution is 7.72. The van der Waals surface area contributed by atoms with Gasteiger partial charge in [0.1, 0.15) is 0 Å². The molecule has 0 saturated heterocycles. The normalized spacial score (nSPS) is 13.2. The van der Waals surface area contributed by atoms with Crippen LogP contribution in [0.25, 0.3) is 0 Å². The fourth-order valence-corrected chi connectivity index (χ4v) is 18.5. The van der Waals surface area contributed by atoms with Gasteiger partial charge in [-0.1, -0.05) is 0 Å². The molecule has 0 aromatic rings. The fourth-order valence-electron chi connectivity index (χ4n) is 3.15. The maximum atomic E-state index is 9.85. The lowest BCUT2D eigenvalue weighted by atomic mass is 10.5. The van der Waals surface area contributed by atoms with E-state index in [1.54, 1.807) is 0 Å². The molecule has 546 valence electrons. The predicted octanol–water partition coefficient (Wildman–Crippen LogP) is -8.34. The Balaban J connectivity index is -0.000000115. The first-order chi connectivity index (χ1) is 37.6. The van der Waals surface area contributed by atoms with Gasteiger partial charge in [0, 0.05) is 65.4 Å². The van der Waals surface area contributed by atoms with Crippen LogP contribution in [-0.4, -0.2) is 269 Å². The van der Waals surface area contributed by atoms with E-state index in [4.69, 9.17) is 168 Å². The summed E-state index contributed by atoms with van der Waals surface area (Å²) in [7, 11) is -72.8. The molecule has 0 amide bonds. The van der Waals surface area contributed by atoms with Crippen LogP contribution in [0.4, 0.5) is 0 Å². The summed E-state index contributed by atoms with van der Waals surface area (Å²) in [6.45, 7) is 9.15. The Bertz CT molecular complexity index is 2010. The average Bonchev–Trinajstić information content (AvgIpc) is 3.05. The molecule has 0 unspecified atom stereocenters. The van der Waals surface area contributed by atoms with E-state index in [1.165, 1.54) is 0 Å². The van der Waals surface area contributed by atoms with Gasteiger partial charge in [-0.05, 0) is 0 Å². The van der Waals surface area contributed by atoms with E-state index in [1.807, 2.05) is 0 Å². The highest BCUT2D eigenvalue weighted by Gasteiger charge is 2.31. The molecular formula is C18H76N6O48P16. The van der Waals surface area contributed by atoms with Crippen LogP contribution in [0, 0.1) is 0 Å². The van der Waals surface area contributed by atoms with Crippen molar-refractivity contribution < 1.29 is 230 Å². The number of rotatable bonds is 29. The van der Waals surface area contributed by atoms with Gasteiger partial charge in [-0.25, -0.2) is 0 Å². The van der Waals surface area contributed by atoms with E-state index in [0.717, 1.165) is 52.4 Å². The molecule has 0 atom stereocenters. The molecule has 0 aromatic heterocycles. The number of nitrogens with two attached hydrogens (primary N) is 2. The summed E-state index contributed by atoms with van der Waals surface area (Å²) in [5.74, 6) is -11.0. The van der Waals surface area contributed by atoms with Crippen LogP contribution in [0.1, 0.15) is 0 Å². The SMILES string of the molecule is NCCNCCNCCNCCNCCN.O=P(O)(O)CP(=O)(O)O.O=P(O)(O)CP(=O)(O)O.O=P(O)(O)CP(=O)(O)O.O=P(O)(O)CP(=O)(O)O.O=P(O)(O)CP(=O)(O)O.O=P(O)(O)CP(=O)(O)O.O=P(O)(O)CP(=O)(O)O.O=P(O)(O)CP(=O)(O)O. The van der Waals surface area contributed by atoms with Crippen LogP contribution in [-0.2, 0) is 73.0 Å². The maximum absolute atomic E-state index is 9.85. The van der Waals surface area contributed by atoms with E-state index >= 15 is 0 Å². The van der Waals surface area contributed by atoms with Gasteiger partial charge in [-0.15, -0.1) is 0 Å². The summed E-state index contributed by atoms with van der Waals surface area (Å²) in [5, 5.41) is 13.1. The van der Waals surface area contributed by atoms with Crippen LogP contribution < -0.4 is 32.7 Å². The van der Waals surface area contributed by atoms with Crippen molar-refractivity contribution in [3.05, 3.63) is 0 Å². The Morgan fingerprint density at radius 1 is 0.159 bits per heavy atom. The fraction of sp³-hybridized carbons (Fsp3) is 1.00. The summed E-state index contributed by atoms with van der Waals surface area (Å²) >= 11 is 0. The van der Waals surface area contributed by atoms with Gasteiger partial charge in [0.2, 0.25) is 0 Å². The van der Waals surface area contributed by atoms with E-state index in [9.17, 15) is 73.0 Å². The van der Waals surface area contributed by atoms with Crippen molar-refractivity contribution in [1.82, 2.24) is 21.3 Å². The summed E-state index contributed by atoms with van der Waals surface area (Å²) in [5.41, 5.74) is 10.7. The van der Waals surface area contributed by atoms with E-state index in [0.29, 0.717) is 13.1 Å². The molecule has 0 fully saturated rings. The first-order valence-corrected chi connectivity index (χ1v) is 49.3. The molecule has 0 aliphatic carbocycles. The van der Waals surface area contributed by atoms with Crippen molar-refractivity contribution >= 4 is 122 Å². The van der Waals surface area contributed by atoms with Crippen molar-refractivity contribution in [2.45, 2.75) is 0 Å². The Labute approximate surface area is 495 Å². The minimum atomic E-state index is -4.55. The smallest absolute Gasteiger partial charge is 0.329 e. The van der Waals surface area contributed by atoms with Gasteiger partial charge in [0.25, 0.3) is 0 Å². The number of hydrogen-bond acceptors (Lipinski definition) is 22. The summed E-state index contributed by atoms with van der Waals surface area (Å²) < 4.78 is 158. The van der Waals surface area contributed by atoms with Gasteiger partial charge in [0.05, 0.1) is 0 Å². The Morgan fingerprint density at radius 3 is 0.273 bits per heavy atom. The lowest BCUT2D eigenvalue weighted by Crippen LogP contribution is -2.36. The number of hydrogen-bond donors (Lipinski definition) is 38. The standard InChI is InChI=1S/C10H28N6.8CH6O6P2/c11-1-3-13-5-7-15-9-10-16-8-6-14-4-2-12;8*2-8(3,4)1-9(5,6)7/h13-16H,1-12H2;8*1H2,(H2,2,3,4)(H2,5,6,7). The summed E-state index contributed by atoms with van der Waals surface area (Å²) in [6, 6.07) is 0. The van der Waals surface area contributed by atoms with Crippen LogP contribution in [0.2, 0.25) is 0 Å². The molecular weight excluding hydrogens is 1560 g/mol. The van der Waals surface area contributed by atoms with Gasteiger partial charge >= 0.3 is 122 Å². The zero-order chi connectivity index (χ0) is 73.6.